The molecule has 0 aromatic heterocycles. The van der Waals surface area contributed by atoms with Crippen molar-refractivity contribution in [2.45, 2.75) is 25.2 Å². The van der Waals surface area contributed by atoms with E-state index in [9.17, 15) is 18.0 Å². The van der Waals surface area contributed by atoms with Crippen molar-refractivity contribution in [3.63, 3.8) is 0 Å². The van der Waals surface area contributed by atoms with Crippen LogP contribution in [0.4, 0.5) is 5.69 Å². The summed E-state index contributed by atoms with van der Waals surface area (Å²) in [5.41, 5.74) is 5.30. The van der Waals surface area contributed by atoms with E-state index in [1.165, 1.54) is 24.3 Å². The van der Waals surface area contributed by atoms with Crippen LogP contribution in [0.2, 0.25) is 0 Å². The molecule has 0 radical (unpaired) electrons. The Labute approximate surface area is 152 Å². The molecule has 0 spiro atoms. The van der Waals surface area contributed by atoms with Gasteiger partial charge in [-0.25, -0.2) is 8.42 Å². The highest BCUT2D eigenvalue weighted by Crippen LogP contribution is 2.16. The monoisotopic (exact) mass is 375 g/mol. The van der Waals surface area contributed by atoms with E-state index in [4.69, 9.17) is 0 Å². The van der Waals surface area contributed by atoms with Gasteiger partial charge in [0.25, 0.3) is 15.9 Å². The summed E-state index contributed by atoms with van der Waals surface area (Å²) in [6.45, 7) is 3.79. The normalized spacial score (nSPS) is 11.0. The topological polar surface area (TPSA) is 104 Å². The average molecular weight is 375 g/mol. The summed E-state index contributed by atoms with van der Waals surface area (Å²) in [6, 6.07) is 13.9. The first kappa shape index (κ1) is 19.5. The molecule has 0 heterocycles. The van der Waals surface area contributed by atoms with Gasteiger partial charge in [-0.1, -0.05) is 32.0 Å². The Morgan fingerprint density at radius 2 is 1.54 bits per heavy atom. The summed E-state index contributed by atoms with van der Waals surface area (Å²) < 4.78 is 27.1. The predicted molar refractivity (Wildman–Crippen MR) is 98.8 cm³/mol. The number of hydrogen-bond donors (Lipinski definition) is 3. The molecule has 0 atom stereocenters. The molecular weight excluding hydrogens is 354 g/mol. The van der Waals surface area contributed by atoms with Gasteiger partial charge >= 0.3 is 0 Å². The maximum Gasteiger partial charge on any atom is 0.269 e. The molecule has 0 bridgehead atoms. The summed E-state index contributed by atoms with van der Waals surface area (Å²) in [7, 11) is -3.75. The second kappa shape index (κ2) is 8.48. The molecule has 138 valence electrons. The lowest BCUT2D eigenvalue weighted by Gasteiger charge is -2.10. The molecule has 3 N–H and O–H groups in total. The molecular formula is C18H21N3O4S. The van der Waals surface area contributed by atoms with Gasteiger partial charge in [0.1, 0.15) is 0 Å². The lowest BCUT2D eigenvalue weighted by Crippen LogP contribution is -2.42. The van der Waals surface area contributed by atoms with E-state index < -0.39 is 15.9 Å². The lowest BCUT2D eigenvalue weighted by molar-refractivity contribution is -0.122. The van der Waals surface area contributed by atoms with E-state index in [2.05, 4.69) is 15.6 Å². The zero-order valence-corrected chi connectivity index (χ0v) is 15.3. The molecule has 2 aromatic rings. The van der Waals surface area contributed by atoms with Gasteiger partial charge in [-0.15, -0.1) is 0 Å². The number of benzene rings is 2. The second-order valence-corrected chi connectivity index (χ2v) is 7.78. The Balaban J connectivity index is 2.01. The van der Waals surface area contributed by atoms with Crippen molar-refractivity contribution in [1.82, 2.24) is 10.9 Å². The fourth-order valence-electron chi connectivity index (χ4n) is 2.13. The number of amides is 2. The number of hydrazine groups is 1. The number of sulfonamides is 1. The Morgan fingerprint density at radius 1 is 0.923 bits per heavy atom. The van der Waals surface area contributed by atoms with E-state index >= 15 is 0 Å². The van der Waals surface area contributed by atoms with Crippen LogP contribution in [0.15, 0.2) is 59.5 Å². The van der Waals surface area contributed by atoms with E-state index in [-0.39, 0.29) is 22.3 Å². The third kappa shape index (κ3) is 5.59. The van der Waals surface area contributed by atoms with Gasteiger partial charge < -0.3 is 0 Å². The van der Waals surface area contributed by atoms with Gasteiger partial charge in [0, 0.05) is 17.7 Å². The highest BCUT2D eigenvalue weighted by atomic mass is 32.2. The van der Waals surface area contributed by atoms with Crippen LogP contribution in [0.5, 0.6) is 0 Å². The van der Waals surface area contributed by atoms with Crippen LogP contribution in [0.3, 0.4) is 0 Å². The number of rotatable bonds is 6. The third-order valence-corrected chi connectivity index (χ3v) is 4.76. The van der Waals surface area contributed by atoms with E-state index in [1.54, 1.807) is 30.3 Å². The minimum absolute atomic E-state index is 0.0294. The lowest BCUT2D eigenvalue weighted by atomic mass is 10.1. The quantitative estimate of drug-likeness (QED) is 0.674. The number of carbonyl (C=O) groups excluding carboxylic acids is 2. The highest BCUT2D eigenvalue weighted by molar-refractivity contribution is 7.92. The van der Waals surface area contributed by atoms with E-state index in [0.717, 1.165) is 0 Å². The maximum atomic E-state index is 12.3. The number of para-hydroxylation sites is 1. The summed E-state index contributed by atoms with van der Waals surface area (Å²) >= 11 is 0. The Morgan fingerprint density at radius 3 is 2.12 bits per heavy atom. The first-order valence-corrected chi connectivity index (χ1v) is 9.53. The zero-order chi connectivity index (χ0) is 19.2. The minimum Gasteiger partial charge on any atom is -0.280 e. The van der Waals surface area contributed by atoms with Crippen LogP contribution in [0.25, 0.3) is 0 Å². The predicted octanol–water partition coefficient (Wildman–Crippen LogP) is 2.29. The Bertz CT molecular complexity index is 863. The maximum absolute atomic E-state index is 12.3. The minimum atomic E-state index is -3.75. The number of hydrogen-bond acceptors (Lipinski definition) is 4. The molecule has 2 aromatic carbocycles. The Hall–Kier alpha value is -2.87. The van der Waals surface area contributed by atoms with Crippen molar-refractivity contribution in [1.29, 1.82) is 0 Å². The first-order valence-electron chi connectivity index (χ1n) is 8.05. The van der Waals surface area contributed by atoms with Crippen molar-refractivity contribution in [3.8, 4) is 0 Å². The van der Waals surface area contributed by atoms with Crippen LogP contribution in [0.1, 0.15) is 30.6 Å². The molecule has 2 amide bonds. The van der Waals surface area contributed by atoms with Crippen molar-refractivity contribution < 1.29 is 18.0 Å². The average Bonchev–Trinajstić information content (AvgIpc) is 2.60. The SMILES string of the molecule is CC(C)CC(=O)NNC(=O)c1ccc(S(=O)(=O)Nc2ccccc2)cc1. The third-order valence-electron chi connectivity index (χ3n) is 3.36. The van der Waals surface area contributed by atoms with Crippen LogP contribution in [0, 0.1) is 5.92 Å². The van der Waals surface area contributed by atoms with Crippen LogP contribution in [-0.4, -0.2) is 20.2 Å². The van der Waals surface area contributed by atoms with E-state index in [1.807, 2.05) is 13.8 Å². The number of nitrogens with one attached hydrogen (secondary N) is 3. The molecule has 26 heavy (non-hydrogen) atoms. The molecule has 7 nitrogen and oxygen atoms in total. The molecule has 0 aliphatic heterocycles. The van der Waals surface area contributed by atoms with Gasteiger partial charge in [-0.05, 0) is 42.3 Å². The van der Waals surface area contributed by atoms with Crippen molar-refractivity contribution >= 4 is 27.5 Å². The van der Waals surface area contributed by atoms with Crippen LogP contribution in [-0.2, 0) is 14.8 Å². The molecule has 0 aliphatic carbocycles. The summed E-state index contributed by atoms with van der Waals surface area (Å²) in [6.07, 6.45) is 0.294. The first-order chi connectivity index (χ1) is 12.3. The molecule has 2 rings (SSSR count). The molecule has 8 heteroatoms. The van der Waals surface area contributed by atoms with Gasteiger partial charge in [0.15, 0.2) is 0 Å². The van der Waals surface area contributed by atoms with Crippen LogP contribution >= 0.6 is 0 Å². The second-order valence-electron chi connectivity index (χ2n) is 6.10. The summed E-state index contributed by atoms with van der Waals surface area (Å²) in [5, 5.41) is 0. The van der Waals surface area contributed by atoms with Gasteiger partial charge in [0.05, 0.1) is 4.90 Å². The van der Waals surface area contributed by atoms with E-state index in [0.29, 0.717) is 12.1 Å². The zero-order valence-electron chi connectivity index (χ0n) is 14.5. The Kier molecular flexibility index (Phi) is 6.35. The van der Waals surface area contributed by atoms with Gasteiger partial charge in [-0.3, -0.25) is 25.2 Å². The van der Waals surface area contributed by atoms with Crippen LogP contribution < -0.4 is 15.6 Å². The van der Waals surface area contributed by atoms with Crippen molar-refractivity contribution in [2.24, 2.45) is 5.92 Å². The van der Waals surface area contributed by atoms with Crippen molar-refractivity contribution in [3.05, 3.63) is 60.2 Å². The fraction of sp³-hybridized carbons (Fsp3) is 0.222. The molecule has 0 aliphatic rings. The smallest absolute Gasteiger partial charge is 0.269 e. The van der Waals surface area contributed by atoms with Gasteiger partial charge in [-0.2, -0.15) is 0 Å². The number of carbonyl (C=O) groups is 2. The number of anilines is 1. The molecule has 0 saturated carbocycles. The summed E-state index contributed by atoms with van der Waals surface area (Å²) in [4.78, 5) is 23.6. The standard InChI is InChI=1S/C18H21N3O4S/c1-13(2)12-17(22)19-20-18(23)14-8-10-16(11-9-14)26(24,25)21-15-6-4-3-5-7-15/h3-11,13,21H,12H2,1-2H3,(H,19,22)(H,20,23). The largest absolute Gasteiger partial charge is 0.280 e. The van der Waals surface area contributed by atoms with Crippen molar-refractivity contribution in [2.75, 3.05) is 4.72 Å². The molecule has 0 fully saturated rings. The van der Waals surface area contributed by atoms with Gasteiger partial charge in [0.2, 0.25) is 5.91 Å². The fourth-order valence-corrected chi connectivity index (χ4v) is 3.18. The molecule has 0 saturated heterocycles. The molecule has 0 unspecified atom stereocenters. The highest BCUT2D eigenvalue weighted by Gasteiger charge is 2.15. The summed E-state index contributed by atoms with van der Waals surface area (Å²) in [5.74, 6) is -0.643.